The van der Waals surface area contributed by atoms with E-state index < -0.39 is 0 Å². The number of nitrogens with zero attached hydrogens (tertiary/aromatic N) is 1. The van der Waals surface area contributed by atoms with Crippen molar-refractivity contribution in [3.05, 3.63) is 0 Å². The molecule has 0 amide bonds. The monoisotopic (exact) mass is 203 g/mol. The molecule has 0 radical (unpaired) electrons. The van der Waals surface area contributed by atoms with Gasteiger partial charge in [0.1, 0.15) is 0 Å². The van der Waals surface area contributed by atoms with E-state index in [0.29, 0.717) is 0 Å². The minimum atomic E-state index is 0.782. The smallest absolute Gasteiger partial charge is 0.00969 e. The summed E-state index contributed by atoms with van der Waals surface area (Å²) in [5, 5.41) is 0.782. The van der Waals surface area contributed by atoms with Crippen LogP contribution in [0.1, 0.15) is 40.0 Å². The Balaban J connectivity index is 3.57. The van der Waals surface area contributed by atoms with E-state index in [4.69, 9.17) is 0 Å². The Morgan fingerprint density at radius 2 is 1.77 bits per heavy atom. The number of hydrogen-bond acceptors (Lipinski definition) is 2. The molecule has 0 saturated heterocycles. The van der Waals surface area contributed by atoms with E-state index in [-0.39, 0.29) is 0 Å². The summed E-state index contributed by atoms with van der Waals surface area (Å²) in [7, 11) is 4.39. The van der Waals surface area contributed by atoms with Crippen molar-refractivity contribution in [1.29, 1.82) is 0 Å². The Morgan fingerprint density at radius 1 is 1.15 bits per heavy atom. The van der Waals surface area contributed by atoms with Crippen LogP contribution in [0.25, 0.3) is 0 Å². The topological polar surface area (TPSA) is 3.24 Å². The quantitative estimate of drug-likeness (QED) is 0.625. The third-order valence-electron chi connectivity index (χ3n) is 2.25. The van der Waals surface area contributed by atoms with Crippen LogP contribution in [-0.4, -0.2) is 36.0 Å². The van der Waals surface area contributed by atoms with Gasteiger partial charge in [0.05, 0.1) is 0 Å². The first kappa shape index (κ1) is 13.3. The van der Waals surface area contributed by atoms with Gasteiger partial charge in [-0.1, -0.05) is 27.2 Å². The molecule has 0 aliphatic rings. The van der Waals surface area contributed by atoms with Crippen molar-refractivity contribution in [2.75, 3.05) is 19.8 Å². The maximum atomic E-state index is 2.37. The van der Waals surface area contributed by atoms with Crippen molar-refractivity contribution in [3.8, 4) is 0 Å². The summed E-state index contributed by atoms with van der Waals surface area (Å²) in [5.74, 6) is 1.31. The van der Waals surface area contributed by atoms with Crippen LogP contribution in [0.3, 0.4) is 0 Å². The summed E-state index contributed by atoms with van der Waals surface area (Å²) in [6.07, 6.45) is 3.98. The standard InChI is InChI=1S/C11H25NS/c1-6-7-11(12(4)5)8-9-13-10(2)3/h10-11H,6-9H2,1-5H3. The lowest BCUT2D eigenvalue weighted by Crippen LogP contribution is -2.28. The zero-order valence-electron chi connectivity index (χ0n) is 9.84. The highest BCUT2D eigenvalue weighted by Gasteiger charge is 2.09. The van der Waals surface area contributed by atoms with Gasteiger partial charge in [0, 0.05) is 6.04 Å². The van der Waals surface area contributed by atoms with Crippen molar-refractivity contribution >= 4 is 11.8 Å². The fraction of sp³-hybridized carbons (Fsp3) is 1.00. The van der Waals surface area contributed by atoms with Gasteiger partial charge >= 0.3 is 0 Å². The van der Waals surface area contributed by atoms with Gasteiger partial charge in [0.25, 0.3) is 0 Å². The summed E-state index contributed by atoms with van der Waals surface area (Å²) in [4.78, 5) is 2.37. The van der Waals surface area contributed by atoms with E-state index >= 15 is 0 Å². The molecule has 13 heavy (non-hydrogen) atoms. The van der Waals surface area contributed by atoms with E-state index in [1.54, 1.807) is 0 Å². The molecule has 1 unspecified atom stereocenters. The van der Waals surface area contributed by atoms with Crippen LogP contribution < -0.4 is 0 Å². The third kappa shape index (κ3) is 7.39. The van der Waals surface area contributed by atoms with Crippen molar-refractivity contribution in [3.63, 3.8) is 0 Å². The van der Waals surface area contributed by atoms with E-state index in [9.17, 15) is 0 Å². The summed E-state index contributed by atoms with van der Waals surface area (Å²) in [5.41, 5.74) is 0. The summed E-state index contributed by atoms with van der Waals surface area (Å²) >= 11 is 2.08. The molecule has 0 aromatic rings. The van der Waals surface area contributed by atoms with Gasteiger partial charge in [-0.25, -0.2) is 0 Å². The van der Waals surface area contributed by atoms with Crippen molar-refractivity contribution in [2.45, 2.75) is 51.3 Å². The van der Waals surface area contributed by atoms with Gasteiger partial charge in [-0.05, 0) is 37.9 Å². The molecule has 0 N–H and O–H groups in total. The molecule has 0 aromatic heterocycles. The van der Waals surface area contributed by atoms with Gasteiger partial charge < -0.3 is 4.90 Å². The largest absolute Gasteiger partial charge is 0.306 e. The summed E-state index contributed by atoms with van der Waals surface area (Å²) in [6, 6.07) is 0.788. The van der Waals surface area contributed by atoms with Gasteiger partial charge in [-0.15, -0.1) is 0 Å². The highest BCUT2D eigenvalue weighted by atomic mass is 32.2. The van der Waals surface area contributed by atoms with Crippen LogP contribution in [0.15, 0.2) is 0 Å². The Bertz CT molecular complexity index is 113. The summed E-state index contributed by atoms with van der Waals surface area (Å²) in [6.45, 7) is 6.82. The first-order valence-electron chi connectivity index (χ1n) is 5.36. The molecule has 0 rings (SSSR count). The molecule has 0 aliphatic carbocycles. The molecular formula is C11H25NS. The van der Waals surface area contributed by atoms with Crippen molar-refractivity contribution in [2.24, 2.45) is 0 Å². The van der Waals surface area contributed by atoms with Gasteiger partial charge in [0.15, 0.2) is 0 Å². The third-order valence-corrected chi connectivity index (χ3v) is 3.39. The van der Waals surface area contributed by atoms with Crippen molar-refractivity contribution < 1.29 is 0 Å². The Labute approximate surface area is 88.3 Å². The Morgan fingerprint density at radius 3 is 2.15 bits per heavy atom. The predicted molar refractivity (Wildman–Crippen MR) is 64.6 cm³/mol. The molecule has 0 aliphatic heterocycles. The van der Waals surface area contributed by atoms with E-state index in [1.165, 1.54) is 25.0 Å². The highest BCUT2D eigenvalue weighted by molar-refractivity contribution is 7.99. The maximum Gasteiger partial charge on any atom is 0.00969 e. The van der Waals surface area contributed by atoms with Crippen LogP contribution in [0.4, 0.5) is 0 Å². The Hall–Kier alpha value is 0.310. The maximum absolute atomic E-state index is 2.37. The number of hydrogen-bond donors (Lipinski definition) is 0. The average molecular weight is 203 g/mol. The van der Waals surface area contributed by atoms with Crippen LogP contribution in [0, 0.1) is 0 Å². The van der Waals surface area contributed by atoms with Crippen LogP contribution >= 0.6 is 11.8 Å². The SMILES string of the molecule is CCCC(CCSC(C)C)N(C)C. The van der Waals surface area contributed by atoms with Crippen molar-refractivity contribution in [1.82, 2.24) is 4.90 Å². The lowest BCUT2D eigenvalue weighted by molar-refractivity contribution is 0.271. The highest BCUT2D eigenvalue weighted by Crippen LogP contribution is 2.15. The minimum Gasteiger partial charge on any atom is -0.306 e. The molecule has 1 nitrogen and oxygen atoms in total. The zero-order chi connectivity index (χ0) is 10.3. The van der Waals surface area contributed by atoms with E-state index in [1.807, 2.05) is 0 Å². The second-order valence-electron chi connectivity index (χ2n) is 4.11. The molecule has 0 heterocycles. The van der Waals surface area contributed by atoms with Crippen LogP contribution in [-0.2, 0) is 0 Å². The molecular weight excluding hydrogens is 178 g/mol. The summed E-state index contributed by atoms with van der Waals surface area (Å²) < 4.78 is 0. The zero-order valence-corrected chi connectivity index (χ0v) is 10.7. The molecule has 0 aromatic carbocycles. The van der Waals surface area contributed by atoms with Gasteiger partial charge in [-0.2, -0.15) is 11.8 Å². The van der Waals surface area contributed by atoms with Gasteiger partial charge in [-0.3, -0.25) is 0 Å². The van der Waals surface area contributed by atoms with Crippen LogP contribution in [0.5, 0.6) is 0 Å². The lowest BCUT2D eigenvalue weighted by atomic mass is 10.1. The predicted octanol–water partition coefficient (Wildman–Crippen LogP) is 3.25. The molecule has 0 spiro atoms. The lowest BCUT2D eigenvalue weighted by Gasteiger charge is -2.23. The minimum absolute atomic E-state index is 0.782. The molecule has 0 bridgehead atoms. The molecule has 0 saturated carbocycles. The average Bonchev–Trinajstić information content (AvgIpc) is 2.02. The van der Waals surface area contributed by atoms with Gasteiger partial charge in [0.2, 0.25) is 0 Å². The van der Waals surface area contributed by atoms with E-state index in [2.05, 4.69) is 51.5 Å². The fourth-order valence-corrected chi connectivity index (χ4v) is 2.31. The molecule has 0 fully saturated rings. The normalized spacial score (nSPS) is 14.1. The second kappa shape index (κ2) is 7.69. The van der Waals surface area contributed by atoms with Crippen LogP contribution in [0.2, 0.25) is 0 Å². The first-order chi connectivity index (χ1) is 6.07. The fourth-order valence-electron chi connectivity index (χ4n) is 1.43. The Kier molecular flexibility index (Phi) is 7.87. The number of rotatable bonds is 7. The molecule has 2 heteroatoms. The van der Waals surface area contributed by atoms with E-state index in [0.717, 1.165) is 11.3 Å². The number of thioether (sulfide) groups is 1. The first-order valence-corrected chi connectivity index (χ1v) is 6.40. The second-order valence-corrected chi connectivity index (χ2v) is 5.80. The molecule has 80 valence electrons. The molecule has 1 atom stereocenters.